The molecule has 0 atom stereocenters. The summed E-state index contributed by atoms with van der Waals surface area (Å²) >= 11 is 0. The lowest BCUT2D eigenvalue weighted by Gasteiger charge is -2.23. The van der Waals surface area contributed by atoms with Gasteiger partial charge in [0.2, 0.25) is 0 Å². The molecule has 1 aromatic rings. The maximum absolute atomic E-state index is 12.7. The third-order valence-electron chi connectivity index (χ3n) is 3.72. The number of rotatable bonds is 6. The van der Waals surface area contributed by atoms with Gasteiger partial charge in [0.05, 0.1) is 4.90 Å². The molecule has 0 spiro atoms. The Balaban J connectivity index is 2.32. The number of amides is 1. The summed E-state index contributed by atoms with van der Waals surface area (Å²) in [5.41, 5.74) is 1.20. The van der Waals surface area contributed by atoms with Gasteiger partial charge in [0.25, 0.3) is 15.0 Å². The maximum atomic E-state index is 12.7. The van der Waals surface area contributed by atoms with Crippen molar-refractivity contribution < 1.29 is 13.2 Å². The average molecular weight is 330 g/mol. The monoisotopic (exact) mass is 329 g/mol. The molecule has 0 unspecified atom stereocenters. The molecule has 1 aliphatic rings. The molecule has 1 amide bonds. The Morgan fingerprint density at radius 3 is 2.57 bits per heavy atom. The molecule has 0 aromatic heterocycles. The van der Waals surface area contributed by atoms with Gasteiger partial charge in [0.1, 0.15) is 0 Å². The molecule has 1 fully saturated rings. The second-order valence-electron chi connectivity index (χ2n) is 5.50. The van der Waals surface area contributed by atoms with E-state index in [1.807, 2.05) is 11.8 Å². The van der Waals surface area contributed by atoms with Gasteiger partial charge in [-0.05, 0) is 43.9 Å². The van der Waals surface area contributed by atoms with Crippen LogP contribution in [-0.2, 0) is 9.05 Å². The predicted octanol–water partition coefficient (Wildman–Crippen LogP) is 3.33. The predicted molar refractivity (Wildman–Crippen MR) is 83.2 cm³/mol. The quantitative estimate of drug-likeness (QED) is 0.752. The summed E-state index contributed by atoms with van der Waals surface area (Å²) < 4.78 is 22.9. The van der Waals surface area contributed by atoms with E-state index in [2.05, 4.69) is 6.92 Å². The van der Waals surface area contributed by atoms with Crippen LogP contribution in [0.4, 0.5) is 0 Å². The summed E-state index contributed by atoms with van der Waals surface area (Å²) in [6.07, 6.45) is 4.03. The Hall–Kier alpha value is -1.07. The summed E-state index contributed by atoms with van der Waals surface area (Å²) in [6.45, 7) is 4.61. The van der Waals surface area contributed by atoms with Crippen LogP contribution in [0, 0.1) is 6.92 Å². The molecule has 116 valence electrons. The van der Waals surface area contributed by atoms with Gasteiger partial charge < -0.3 is 4.90 Å². The molecule has 0 saturated heterocycles. The molecule has 1 aromatic carbocycles. The Kier molecular flexibility index (Phi) is 4.94. The van der Waals surface area contributed by atoms with E-state index in [0.717, 1.165) is 37.8 Å². The molecule has 1 aliphatic carbocycles. The van der Waals surface area contributed by atoms with Crippen molar-refractivity contribution in [1.29, 1.82) is 0 Å². The van der Waals surface area contributed by atoms with E-state index in [1.165, 1.54) is 12.1 Å². The third-order valence-corrected chi connectivity index (χ3v) is 5.07. The summed E-state index contributed by atoms with van der Waals surface area (Å²) in [7, 11) is 1.55. The normalized spacial score (nSPS) is 15.0. The fraction of sp³-hybridized carbons (Fsp3) is 0.533. The van der Waals surface area contributed by atoms with Crippen LogP contribution >= 0.6 is 10.7 Å². The Morgan fingerprint density at radius 1 is 1.38 bits per heavy atom. The summed E-state index contributed by atoms with van der Waals surface area (Å²) in [6, 6.07) is 4.76. The van der Waals surface area contributed by atoms with E-state index in [4.69, 9.17) is 10.7 Å². The molecular formula is C15H20ClNO3S. The van der Waals surface area contributed by atoms with Crippen LogP contribution in [0.25, 0.3) is 0 Å². The van der Waals surface area contributed by atoms with Crippen LogP contribution < -0.4 is 0 Å². The van der Waals surface area contributed by atoms with Crippen LogP contribution in [0.2, 0.25) is 0 Å². The van der Waals surface area contributed by atoms with Crippen molar-refractivity contribution in [1.82, 2.24) is 4.90 Å². The first-order chi connectivity index (χ1) is 9.84. The van der Waals surface area contributed by atoms with E-state index in [-0.39, 0.29) is 10.8 Å². The molecule has 21 heavy (non-hydrogen) atoms. The van der Waals surface area contributed by atoms with E-state index in [9.17, 15) is 13.2 Å². The highest BCUT2D eigenvalue weighted by molar-refractivity contribution is 8.13. The first kappa shape index (κ1) is 16.3. The van der Waals surface area contributed by atoms with Gasteiger partial charge in [0, 0.05) is 28.8 Å². The second-order valence-corrected chi connectivity index (χ2v) is 8.06. The second kappa shape index (κ2) is 6.36. The lowest BCUT2D eigenvalue weighted by atomic mass is 10.1. The number of carbonyl (C=O) groups excluding carboxylic acids is 1. The van der Waals surface area contributed by atoms with Crippen molar-refractivity contribution in [2.24, 2.45) is 0 Å². The zero-order valence-electron chi connectivity index (χ0n) is 12.3. The maximum Gasteiger partial charge on any atom is 0.261 e. The Morgan fingerprint density at radius 2 is 2.05 bits per heavy atom. The number of hydrogen-bond donors (Lipinski definition) is 0. The van der Waals surface area contributed by atoms with E-state index in [0.29, 0.717) is 11.6 Å². The molecule has 1 saturated carbocycles. The van der Waals surface area contributed by atoms with Crippen molar-refractivity contribution in [2.45, 2.75) is 50.5 Å². The average Bonchev–Trinajstić information content (AvgIpc) is 3.22. The van der Waals surface area contributed by atoms with Crippen LogP contribution in [-0.4, -0.2) is 31.8 Å². The third kappa shape index (κ3) is 3.98. The van der Waals surface area contributed by atoms with Crippen LogP contribution in [0.15, 0.2) is 23.1 Å². The molecule has 6 heteroatoms. The summed E-state index contributed by atoms with van der Waals surface area (Å²) in [4.78, 5) is 14.6. The fourth-order valence-corrected chi connectivity index (χ4v) is 3.08. The zero-order valence-corrected chi connectivity index (χ0v) is 13.9. The lowest BCUT2D eigenvalue weighted by Crippen LogP contribution is -2.34. The van der Waals surface area contributed by atoms with Crippen LogP contribution in [0.1, 0.15) is 48.5 Å². The van der Waals surface area contributed by atoms with Gasteiger partial charge in [0.15, 0.2) is 0 Å². The first-order valence-corrected chi connectivity index (χ1v) is 9.51. The number of hydrogen-bond acceptors (Lipinski definition) is 3. The van der Waals surface area contributed by atoms with Gasteiger partial charge in [-0.2, -0.15) is 0 Å². The minimum Gasteiger partial charge on any atom is -0.336 e. The Bertz CT molecular complexity index is 638. The summed E-state index contributed by atoms with van der Waals surface area (Å²) in [5.74, 6) is -0.0920. The minimum absolute atomic E-state index is 0.0237. The van der Waals surface area contributed by atoms with Gasteiger partial charge in [-0.15, -0.1) is 0 Å². The molecule has 0 heterocycles. The smallest absolute Gasteiger partial charge is 0.261 e. The molecule has 0 N–H and O–H groups in total. The highest BCUT2D eigenvalue weighted by Crippen LogP contribution is 2.30. The largest absolute Gasteiger partial charge is 0.336 e. The van der Waals surface area contributed by atoms with Crippen LogP contribution in [0.5, 0.6) is 0 Å². The number of carbonyl (C=O) groups is 1. The minimum atomic E-state index is -3.82. The summed E-state index contributed by atoms with van der Waals surface area (Å²) in [5, 5.41) is 0. The van der Waals surface area contributed by atoms with Crippen molar-refractivity contribution in [3.8, 4) is 0 Å². The molecule has 0 radical (unpaired) electrons. The molecule has 4 nitrogen and oxygen atoms in total. The van der Waals surface area contributed by atoms with Crippen molar-refractivity contribution >= 4 is 25.6 Å². The van der Waals surface area contributed by atoms with Crippen molar-refractivity contribution in [2.75, 3.05) is 6.54 Å². The molecular weight excluding hydrogens is 310 g/mol. The zero-order chi connectivity index (χ0) is 15.6. The molecule has 2 rings (SSSR count). The van der Waals surface area contributed by atoms with E-state index >= 15 is 0 Å². The van der Waals surface area contributed by atoms with Gasteiger partial charge >= 0.3 is 0 Å². The number of aryl methyl sites for hydroxylation is 1. The van der Waals surface area contributed by atoms with E-state index in [1.54, 1.807) is 6.07 Å². The SMILES string of the molecule is CCCCN(C(=O)c1cc(S(=O)(=O)Cl)ccc1C)C1CC1. The van der Waals surface area contributed by atoms with Gasteiger partial charge in [-0.25, -0.2) is 8.42 Å². The van der Waals surface area contributed by atoms with Gasteiger partial charge in [-0.3, -0.25) is 4.79 Å². The highest BCUT2D eigenvalue weighted by atomic mass is 35.7. The molecule has 0 bridgehead atoms. The van der Waals surface area contributed by atoms with Crippen molar-refractivity contribution in [3.63, 3.8) is 0 Å². The highest BCUT2D eigenvalue weighted by Gasteiger charge is 2.33. The number of unbranched alkanes of at least 4 members (excludes halogenated alkanes) is 1. The standard InChI is InChI=1S/C15H20ClNO3S/c1-3-4-9-17(12-6-7-12)15(18)14-10-13(21(16,19)20)8-5-11(14)2/h5,8,10,12H,3-4,6-7,9H2,1-2H3. The molecule has 0 aliphatic heterocycles. The number of halogens is 1. The van der Waals surface area contributed by atoms with E-state index < -0.39 is 9.05 Å². The lowest BCUT2D eigenvalue weighted by molar-refractivity contribution is 0.0739. The van der Waals surface area contributed by atoms with Gasteiger partial charge in [-0.1, -0.05) is 19.4 Å². The number of benzene rings is 1. The fourth-order valence-electron chi connectivity index (χ4n) is 2.30. The Labute approximate surface area is 130 Å². The van der Waals surface area contributed by atoms with Crippen LogP contribution in [0.3, 0.4) is 0 Å². The topological polar surface area (TPSA) is 54.5 Å². The first-order valence-electron chi connectivity index (χ1n) is 7.21. The number of nitrogens with zero attached hydrogens (tertiary/aromatic N) is 1. The van der Waals surface area contributed by atoms with Crippen molar-refractivity contribution in [3.05, 3.63) is 29.3 Å².